The van der Waals surface area contributed by atoms with Gasteiger partial charge in [-0.3, -0.25) is 0 Å². The Morgan fingerprint density at radius 3 is 1.36 bits per heavy atom. The van der Waals surface area contributed by atoms with Crippen LogP contribution in [0.1, 0.15) is 26.7 Å². The van der Waals surface area contributed by atoms with Crippen molar-refractivity contribution in [1.82, 2.24) is 0 Å². The van der Waals surface area contributed by atoms with E-state index >= 15 is 0 Å². The van der Waals surface area contributed by atoms with Crippen LogP contribution in [-0.2, 0) is 0 Å². The monoisotopic (exact) mass is 353 g/mol. The van der Waals surface area contributed by atoms with Gasteiger partial charge in [0.2, 0.25) is 0 Å². The summed E-state index contributed by atoms with van der Waals surface area (Å²) in [6, 6.07) is 0. The molecule has 0 fully saturated rings. The minimum absolute atomic E-state index is 0.205. The van der Waals surface area contributed by atoms with E-state index in [0.29, 0.717) is 0 Å². The van der Waals surface area contributed by atoms with Gasteiger partial charge in [0.15, 0.2) is 0 Å². The van der Waals surface area contributed by atoms with E-state index in [0.717, 1.165) is 0 Å². The molecule has 0 saturated heterocycles. The molecule has 0 bridgehead atoms. The minimum Gasteiger partial charge on any atom is -0.216 e. The Kier molecular flexibility index (Phi) is 5.82. The lowest BCUT2D eigenvalue weighted by Gasteiger charge is -2.39. The summed E-state index contributed by atoms with van der Waals surface area (Å²) < 4.78 is 139. The fraction of sp³-hybridized carbons (Fsp3) is 0.909. The van der Waals surface area contributed by atoms with Crippen molar-refractivity contribution >= 4 is 0 Å². The van der Waals surface area contributed by atoms with Crippen molar-refractivity contribution < 1.29 is 48.3 Å². The standard InChI is InChI=1S/C11H12F11/c1-6(2)4-3-5-7(12,13)9(15,16)8(14,10(17,18)19)11(20,21)22/h5-6H,3-4H2,1-2H3. The van der Waals surface area contributed by atoms with Crippen LogP contribution in [0, 0.1) is 12.3 Å². The summed E-state index contributed by atoms with van der Waals surface area (Å²) in [5.41, 5.74) is -7.37. The average molecular weight is 353 g/mol. The lowest BCUT2D eigenvalue weighted by atomic mass is 9.88. The van der Waals surface area contributed by atoms with E-state index in [1.54, 1.807) is 0 Å². The summed E-state index contributed by atoms with van der Waals surface area (Å²) in [6.07, 6.45) is -16.4. The quantitative estimate of drug-likeness (QED) is 0.535. The highest BCUT2D eigenvalue weighted by atomic mass is 19.4. The maximum absolute atomic E-state index is 13.2. The Hall–Kier alpha value is -0.770. The molecule has 0 saturated carbocycles. The molecule has 11 heteroatoms. The lowest BCUT2D eigenvalue weighted by molar-refractivity contribution is -0.422. The Bertz CT molecular complexity index is 349. The van der Waals surface area contributed by atoms with Crippen molar-refractivity contribution in [3.05, 3.63) is 6.42 Å². The van der Waals surface area contributed by atoms with Crippen LogP contribution in [0.4, 0.5) is 48.3 Å². The molecule has 0 aromatic heterocycles. The fourth-order valence-electron chi connectivity index (χ4n) is 1.47. The van der Waals surface area contributed by atoms with Crippen LogP contribution in [0.3, 0.4) is 0 Å². The van der Waals surface area contributed by atoms with Gasteiger partial charge in [-0.15, -0.1) is 0 Å². The summed E-state index contributed by atoms with van der Waals surface area (Å²) in [5.74, 6) is -13.3. The van der Waals surface area contributed by atoms with Gasteiger partial charge in [-0.05, 0) is 12.3 Å². The minimum atomic E-state index is -7.37. The molecule has 0 atom stereocenters. The van der Waals surface area contributed by atoms with Crippen molar-refractivity contribution in [2.24, 2.45) is 5.92 Å². The molecule has 0 heterocycles. The van der Waals surface area contributed by atoms with Gasteiger partial charge in [-0.1, -0.05) is 20.3 Å². The van der Waals surface area contributed by atoms with Crippen molar-refractivity contribution in [2.45, 2.75) is 56.6 Å². The molecule has 0 aliphatic heterocycles. The van der Waals surface area contributed by atoms with Crippen LogP contribution in [0.2, 0.25) is 0 Å². The number of hydrogen-bond donors (Lipinski definition) is 0. The molecule has 0 nitrogen and oxygen atoms in total. The first-order chi connectivity index (χ1) is 9.42. The average Bonchev–Trinajstić information content (AvgIpc) is 2.23. The number of alkyl halides is 11. The number of rotatable bonds is 6. The first-order valence-electron chi connectivity index (χ1n) is 5.84. The smallest absolute Gasteiger partial charge is 0.216 e. The zero-order chi connectivity index (χ0) is 18.2. The summed E-state index contributed by atoms with van der Waals surface area (Å²) in [6.45, 7) is 2.91. The Balaban J connectivity index is 5.72. The largest absolute Gasteiger partial charge is 0.438 e. The van der Waals surface area contributed by atoms with Crippen molar-refractivity contribution in [1.29, 1.82) is 0 Å². The Labute approximate surface area is 118 Å². The molecular formula is C11H12F11. The molecule has 1 radical (unpaired) electrons. The molecule has 0 amide bonds. The normalized spacial score (nSPS) is 15.5. The second kappa shape index (κ2) is 6.03. The molecule has 0 spiro atoms. The molecule has 22 heavy (non-hydrogen) atoms. The highest BCUT2D eigenvalue weighted by molar-refractivity contribution is 5.14. The zero-order valence-electron chi connectivity index (χ0n) is 11.2. The van der Waals surface area contributed by atoms with Gasteiger partial charge in [0.1, 0.15) is 0 Å². The SMILES string of the molecule is CC(C)CC[CH]C(F)(F)C(F)(F)C(F)(C(F)(F)F)C(F)(F)F. The van der Waals surface area contributed by atoms with Crippen LogP contribution < -0.4 is 0 Å². The van der Waals surface area contributed by atoms with Gasteiger partial charge in [0.05, 0.1) is 0 Å². The second-order valence-electron chi connectivity index (χ2n) is 5.03. The molecule has 0 N–H and O–H groups in total. The van der Waals surface area contributed by atoms with Gasteiger partial charge in [-0.25, -0.2) is 4.39 Å². The van der Waals surface area contributed by atoms with Crippen molar-refractivity contribution in [2.75, 3.05) is 0 Å². The van der Waals surface area contributed by atoms with Crippen molar-refractivity contribution in [3.8, 4) is 0 Å². The fourth-order valence-corrected chi connectivity index (χ4v) is 1.47. The molecule has 0 aliphatic carbocycles. The molecule has 0 aromatic carbocycles. The first-order valence-corrected chi connectivity index (χ1v) is 5.84. The van der Waals surface area contributed by atoms with Crippen LogP contribution in [0.5, 0.6) is 0 Å². The van der Waals surface area contributed by atoms with E-state index in [4.69, 9.17) is 0 Å². The van der Waals surface area contributed by atoms with E-state index in [1.165, 1.54) is 13.8 Å². The van der Waals surface area contributed by atoms with Crippen LogP contribution in [0.25, 0.3) is 0 Å². The van der Waals surface area contributed by atoms with E-state index in [1.807, 2.05) is 0 Å². The highest BCUT2D eigenvalue weighted by Gasteiger charge is 2.89. The van der Waals surface area contributed by atoms with Gasteiger partial charge in [-0.2, -0.15) is 43.9 Å². The predicted octanol–water partition coefficient (Wildman–Crippen LogP) is 5.73. The predicted molar refractivity (Wildman–Crippen MR) is 54.2 cm³/mol. The van der Waals surface area contributed by atoms with Gasteiger partial charge < -0.3 is 0 Å². The van der Waals surface area contributed by atoms with Crippen LogP contribution in [-0.4, -0.2) is 29.9 Å². The maximum atomic E-state index is 13.2. The number of halogens is 11. The molecule has 133 valence electrons. The zero-order valence-corrected chi connectivity index (χ0v) is 11.2. The third-order valence-corrected chi connectivity index (χ3v) is 2.78. The third kappa shape index (κ3) is 3.58. The van der Waals surface area contributed by atoms with E-state index in [2.05, 4.69) is 0 Å². The Morgan fingerprint density at radius 1 is 0.727 bits per heavy atom. The topological polar surface area (TPSA) is 0 Å². The molecule has 0 aliphatic rings. The highest BCUT2D eigenvalue weighted by Crippen LogP contribution is 2.59. The first kappa shape index (κ1) is 21.2. The summed E-state index contributed by atoms with van der Waals surface area (Å²) in [7, 11) is 0. The van der Waals surface area contributed by atoms with E-state index in [9.17, 15) is 48.3 Å². The Morgan fingerprint density at radius 2 is 1.09 bits per heavy atom. The van der Waals surface area contributed by atoms with E-state index in [-0.39, 0.29) is 12.3 Å². The summed E-state index contributed by atoms with van der Waals surface area (Å²) in [4.78, 5) is 0. The second-order valence-corrected chi connectivity index (χ2v) is 5.03. The lowest BCUT2D eigenvalue weighted by Crippen LogP contribution is -2.70. The van der Waals surface area contributed by atoms with Crippen LogP contribution >= 0.6 is 0 Å². The van der Waals surface area contributed by atoms with E-state index < -0.39 is 42.7 Å². The van der Waals surface area contributed by atoms with Crippen LogP contribution in [0.15, 0.2) is 0 Å². The summed E-state index contributed by atoms with van der Waals surface area (Å²) >= 11 is 0. The third-order valence-electron chi connectivity index (χ3n) is 2.78. The summed E-state index contributed by atoms with van der Waals surface area (Å²) in [5, 5.41) is 0. The number of hydrogen-bond acceptors (Lipinski definition) is 0. The van der Waals surface area contributed by atoms with Gasteiger partial charge in [0, 0.05) is 6.42 Å². The molecule has 0 unspecified atom stereocenters. The van der Waals surface area contributed by atoms with Gasteiger partial charge >= 0.3 is 29.9 Å². The molecule has 0 aromatic rings. The van der Waals surface area contributed by atoms with Gasteiger partial charge in [0.25, 0.3) is 0 Å². The molecular weight excluding hydrogens is 341 g/mol. The molecule has 0 rings (SSSR count). The maximum Gasteiger partial charge on any atom is 0.438 e. The van der Waals surface area contributed by atoms with Crippen molar-refractivity contribution in [3.63, 3.8) is 0 Å².